The number of benzene rings is 1. The number of ketones is 1. The number of rotatable bonds is 3. The van der Waals surface area contributed by atoms with E-state index in [1.165, 1.54) is 0 Å². The third-order valence-electron chi connectivity index (χ3n) is 2.68. The average Bonchev–Trinajstić information content (AvgIpc) is 2.65. The summed E-state index contributed by atoms with van der Waals surface area (Å²) in [6.07, 6.45) is 0. The van der Waals surface area contributed by atoms with Crippen LogP contribution in [0.15, 0.2) is 30.3 Å². The highest BCUT2D eigenvalue weighted by molar-refractivity contribution is 6.30. The van der Waals surface area contributed by atoms with Crippen LogP contribution in [-0.2, 0) is 0 Å². The smallest absolute Gasteiger partial charge is 0.197 e. The number of alkyl halides is 1. The molecule has 0 saturated carbocycles. The van der Waals surface area contributed by atoms with Gasteiger partial charge in [-0.2, -0.15) is 0 Å². The van der Waals surface area contributed by atoms with Crippen LogP contribution in [-0.4, -0.2) is 21.2 Å². The van der Waals surface area contributed by atoms with Crippen molar-refractivity contribution < 1.29 is 4.79 Å². The summed E-state index contributed by atoms with van der Waals surface area (Å²) in [5, 5.41) is 0. The third kappa shape index (κ3) is 2.11. The molecule has 0 radical (unpaired) electrons. The summed E-state index contributed by atoms with van der Waals surface area (Å²) >= 11 is 5.57. The summed E-state index contributed by atoms with van der Waals surface area (Å²) in [7, 11) is 0. The predicted molar refractivity (Wildman–Crippen MR) is 68.1 cm³/mol. The number of hydrogen-bond acceptors (Lipinski definition) is 2. The Hall–Kier alpha value is -1.61. The SMILES string of the molecule is Cc1nc(C(=O)CCl)c(C)n1-c1ccccc1. The van der Waals surface area contributed by atoms with Gasteiger partial charge in [-0.05, 0) is 26.0 Å². The van der Waals surface area contributed by atoms with Crippen LogP contribution in [0.4, 0.5) is 0 Å². The second-order valence-electron chi connectivity index (χ2n) is 3.82. The van der Waals surface area contributed by atoms with Crippen LogP contribution in [0, 0.1) is 13.8 Å². The Morgan fingerprint density at radius 1 is 1.29 bits per heavy atom. The molecule has 2 rings (SSSR count). The third-order valence-corrected chi connectivity index (χ3v) is 2.92. The number of nitrogens with zero attached hydrogens (tertiary/aromatic N) is 2. The van der Waals surface area contributed by atoms with E-state index >= 15 is 0 Å². The molecule has 0 N–H and O–H groups in total. The highest BCUT2D eigenvalue weighted by Crippen LogP contribution is 2.18. The first kappa shape index (κ1) is 11.9. The number of aromatic nitrogens is 2. The molecule has 1 aromatic carbocycles. The molecule has 0 aliphatic carbocycles. The number of carbonyl (C=O) groups is 1. The molecule has 0 atom stereocenters. The van der Waals surface area contributed by atoms with Gasteiger partial charge in [-0.25, -0.2) is 4.98 Å². The van der Waals surface area contributed by atoms with Crippen molar-refractivity contribution >= 4 is 17.4 Å². The highest BCUT2D eigenvalue weighted by Gasteiger charge is 2.17. The van der Waals surface area contributed by atoms with E-state index in [1.807, 2.05) is 48.7 Å². The molecular weight excluding hydrogens is 236 g/mol. The number of para-hydroxylation sites is 1. The van der Waals surface area contributed by atoms with Crippen LogP contribution in [0.1, 0.15) is 22.0 Å². The number of hydrogen-bond donors (Lipinski definition) is 0. The Kier molecular flexibility index (Phi) is 3.29. The molecule has 3 nitrogen and oxygen atoms in total. The molecule has 0 spiro atoms. The van der Waals surface area contributed by atoms with Crippen molar-refractivity contribution in [1.29, 1.82) is 0 Å². The van der Waals surface area contributed by atoms with Crippen molar-refractivity contribution in [3.05, 3.63) is 47.5 Å². The Labute approximate surface area is 105 Å². The lowest BCUT2D eigenvalue weighted by Crippen LogP contribution is -2.04. The molecule has 0 bridgehead atoms. The number of halogens is 1. The maximum atomic E-state index is 11.6. The van der Waals surface area contributed by atoms with E-state index in [-0.39, 0.29) is 11.7 Å². The maximum Gasteiger partial charge on any atom is 0.197 e. The lowest BCUT2D eigenvalue weighted by Gasteiger charge is -2.07. The normalized spacial score (nSPS) is 10.5. The minimum atomic E-state index is -0.137. The minimum absolute atomic E-state index is 0.0356. The molecule has 1 heterocycles. The molecule has 0 amide bonds. The summed E-state index contributed by atoms with van der Waals surface area (Å²) in [4.78, 5) is 15.9. The molecule has 4 heteroatoms. The lowest BCUT2D eigenvalue weighted by molar-refractivity contribution is 0.101. The first-order valence-corrected chi connectivity index (χ1v) is 5.89. The monoisotopic (exact) mass is 248 g/mol. The van der Waals surface area contributed by atoms with Gasteiger partial charge >= 0.3 is 0 Å². The van der Waals surface area contributed by atoms with Gasteiger partial charge in [0.25, 0.3) is 0 Å². The molecule has 0 aliphatic heterocycles. The Morgan fingerprint density at radius 2 is 1.94 bits per heavy atom. The van der Waals surface area contributed by atoms with Crippen molar-refractivity contribution in [2.75, 3.05) is 5.88 Å². The fraction of sp³-hybridized carbons (Fsp3) is 0.231. The highest BCUT2D eigenvalue weighted by atomic mass is 35.5. The lowest BCUT2D eigenvalue weighted by atomic mass is 10.2. The summed E-state index contributed by atoms with van der Waals surface area (Å²) in [5.41, 5.74) is 2.30. The van der Waals surface area contributed by atoms with E-state index in [2.05, 4.69) is 4.98 Å². The quantitative estimate of drug-likeness (QED) is 0.618. The first-order chi connectivity index (χ1) is 8.15. The van der Waals surface area contributed by atoms with E-state index < -0.39 is 0 Å². The predicted octanol–water partition coefficient (Wildman–Crippen LogP) is 2.91. The zero-order valence-electron chi connectivity index (χ0n) is 9.77. The summed E-state index contributed by atoms with van der Waals surface area (Å²) < 4.78 is 1.96. The molecule has 0 unspecified atom stereocenters. The topological polar surface area (TPSA) is 34.9 Å². The van der Waals surface area contributed by atoms with Crippen molar-refractivity contribution in [2.45, 2.75) is 13.8 Å². The summed E-state index contributed by atoms with van der Waals surface area (Å²) in [6, 6.07) is 9.83. The van der Waals surface area contributed by atoms with Gasteiger partial charge in [0.1, 0.15) is 11.5 Å². The zero-order chi connectivity index (χ0) is 12.4. The van der Waals surface area contributed by atoms with Gasteiger partial charge < -0.3 is 4.57 Å². The molecule has 0 saturated heterocycles. The summed E-state index contributed by atoms with van der Waals surface area (Å²) in [5.74, 6) is 0.621. The number of aryl methyl sites for hydroxylation is 1. The van der Waals surface area contributed by atoms with Crippen LogP contribution in [0.5, 0.6) is 0 Å². The van der Waals surface area contributed by atoms with Crippen molar-refractivity contribution in [1.82, 2.24) is 9.55 Å². The average molecular weight is 249 g/mol. The van der Waals surface area contributed by atoms with Gasteiger partial charge in [0.15, 0.2) is 5.78 Å². The van der Waals surface area contributed by atoms with Crippen LogP contribution in [0.3, 0.4) is 0 Å². The number of Topliss-reactive ketones (excluding diaryl/α,β-unsaturated/α-hetero) is 1. The van der Waals surface area contributed by atoms with Gasteiger partial charge in [-0.15, -0.1) is 11.6 Å². The molecule has 0 fully saturated rings. The van der Waals surface area contributed by atoms with Gasteiger partial charge in [0.05, 0.1) is 11.6 Å². The van der Waals surface area contributed by atoms with Gasteiger partial charge in [-0.3, -0.25) is 4.79 Å². The van der Waals surface area contributed by atoms with Crippen LogP contribution in [0.25, 0.3) is 5.69 Å². The van der Waals surface area contributed by atoms with Crippen molar-refractivity contribution in [3.8, 4) is 5.69 Å². The zero-order valence-corrected chi connectivity index (χ0v) is 10.5. The second kappa shape index (κ2) is 4.72. The van der Waals surface area contributed by atoms with E-state index in [0.717, 1.165) is 17.2 Å². The molecule has 88 valence electrons. The molecule has 2 aromatic rings. The first-order valence-electron chi connectivity index (χ1n) is 5.35. The maximum absolute atomic E-state index is 11.6. The number of carbonyl (C=O) groups excluding carboxylic acids is 1. The Morgan fingerprint density at radius 3 is 2.53 bits per heavy atom. The van der Waals surface area contributed by atoms with E-state index in [0.29, 0.717) is 5.69 Å². The largest absolute Gasteiger partial charge is 0.300 e. The Bertz CT molecular complexity index is 546. The van der Waals surface area contributed by atoms with Gasteiger partial charge in [0.2, 0.25) is 0 Å². The standard InChI is InChI=1S/C13H13ClN2O/c1-9-13(12(17)8-14)15-10(2)16(9)11-6-4-3-5-7-11/h3-7H,8H2,1-2H3. The fourth-order valence-electron chi connectivity index (χ4n) is 1.93. The summed E-state index contributed by atoms with van der Waals surface area (Å²) in [6.45, 7) is 3.76. The molecular formula is C13H13ClN2O. The van der Waals surface area contributed by atoms with Crippen LogP contribution in [0.2, 0.25) is 0 Å². The van der Waals surface area contributed by atoms with Gasteiger partial charge in [-0.1, -0.05) is 18.2 Å². The van der Waals surface area contributed by atoms with Gasteiger partial charge in [0, 0.05) is 5.69 Å². The second-order valence-corrected chi connectivity index (χ2v) is 4.09. The van der Waals surface area contributed by atoms with E-state index in [9.17, 15) is 4.79 Å². The number of imidazole rings is 1. The fourth-order valence-corrected chi connectivity index (χ4v) is 2.05. The molecule has 0 aliphatic rings. The minimum Gasteiger partial charge on any atom is -0.300 e. The molecule has 17 heavy (non-hydrogen) atoms. The Balaban J connectivity index is 2.57. The van der Waals surface area contributed by atoms with Crippen molar-refractivity contribution in [2.24, 2.45) is 0 Å². The molecule has 1 aromatic heterocycles. The van der Waals surface area contributed by atoms with E-state index in [1.54, 1.807) is 0 Å². The van der Waals surface area contributed by atoms with Crippen LogP contribution >= 0.6 is 11.6 Å². The van der Waals surface area contributed by atoms with E-state index in [4.69, 9.17) is 11.6 Å². The van der Waals surface area contributed by atoms with Crippen molar-refractivity contribution in [3.63, 3.8) is 0 Å². The van der Waals surface area contributed by atoms with Crippen LogP contribution < -0.4 is 0 Å².